The summed E-state index contributed by atoms with van der Waals surface area (Å²) in [5.74, 6) is -0.409. The molecular weight excluding hydrogens is 394 g/mol. The Bertz CT molecular complexity index is 1100. The molecule has 8 heteroatoms. The van der Waals surface area contributed by atoms with Crippen molar-refractivity contribution < 1.29 is 14.0 Å². The zero-order chi connectivity index (χ0) is 19.5. The van der Waals surface area contributed by atoms with Crippen molar-refractivity contribution in [3.05, 3.63) is 76.4 Å². The zero-order valence-electron chi connectivity index (χ0n) is 14.8. The molecule has 0 spiro atoms. The van der Waals surface area contributed by atoms with Gasteiger partial charge >= 0.3 is 0 Å². The summed E-state index contributed by atoms with van der Waals surface area (Å²) in [6.45, 7) is 2.00. The van der Waals surface area contributed by atoms with Gasteiger partial charge in [-0.2, -0.15) is 0 Å². The molecule has 0 saturated carbocycles. The van der Waals surface area contributed by atoms with Crippen LogP contribution in [0.3, 0.4) is 0 Å². The predicted octanol–water partition coefficient (Wildman–Crippen LogP) is 5.28. The second-order valence-corrected chi connectivity index (χ2v) is 7.87. The van der Waals surface area contributed by atoms with Crippen LogP contribution in [0.1, 0.15) is 25.8 Å². The van der Waals surface area contributed by atoms with Gasteiger partial charge in [0.25, 0.3) is 11.8 Å². The summed E-state index contributed by atoms with van der Waals surface area (Å²) in [5, 5.41) is 8.40. The van der Waals surface area contributed by atoms with E-state index >= 15 is 0 Å². The van der Waals surface area contributed by atoms with Crippen molar-refractivity contribution in [2.75, 3.05) is 10.6 Å². The maximum absolute atomic E-state index is 12.4. The van der Waals surface area contributed by atoms with E-state index in [2.05, 4.69) is 15.6 Å². The maximum atomic E-state index is 12.4. The number of hydrogen-bond acceptors (Lipinski definition) is 6. The molecule has 4 rings (SSSR count). The van der Waals surface area contributed by atoms with Gasteiger partial charge in [-0.1, -0.05) is 47.2 Å². The Morgan fingerprint density at radius 2 is 1.82 bits per heavy atom. The number of nitrogens with zero attached hydrogens (tertiary/aromatic N) is 1. The van der Waals surface area contributed by atoms with Gasteiger partial charge in [-0.15, -0.1) is 11.3 Å². The van der Waals surface area contributed by atoms with Gasteiger partial charge in [0, 0.05) is 5.56 Å². The quantitative estimate of drug-likeness (QED) is 0.470. The molecule has 4 aromatic rings. The summed E-state index contributed by atoms with van der Waals surface area (Å²) in [6, 6.07) is 14.6. The third-order valence-electron chi connectivity index (χ3n) is 3.89. The monoisotopic (exact) mass is 409 g/mol. The summed E-state index contributed by atoms with van der Waals surface area (Å²) in [5.41, 5.74) is 2.55. The second kappa shape index (κ2) is 7.79. The fraction of sp³-hybridized carbons (Fsp3) is 0.0500. The number of aromatic nitrogens is 1. The first-order valence-electron chi connectivity index (χ1n) is 8.38. The van der Waals surface area contributed by atoms with Crippen molar-refractivity contribution in [3.8, 4) is 11.3 Å². The van der Waals surface area contributed by atoms with Crippen molar-refractivity contribution in [2.24, 2.45) is 0 Å². The molecule has 28 heavy (non-hydrogen) atoms. The van der Waals surface area contributed by atoms with E-state index in [0.717, 1.165) is 11.1 Å². The van der Waals surface area contributed by atoms with E-state index in [-0.39, 0.29) is 17.6 Å². The zero-order valence-corrected chi connectivity index (χ0v) is 16.4. The van der Waals surface area contributed by atoms with Gasteiger partial charge in [-0.05, 0) is 30.5 Å². The molecule has 0 fully saturated rings. The molecule has 6 nitrogen and oxygen atoms in total. The third-order valence-corrected chi connectivity index (χ3v) is 5.64. The van der Waals surface area contributed by atoms with Gasteiger partial charge in [0.05, 0.1) is 11.1 Å². The highest BCUT2D eigenvalue weighted by atomic mass is 32.1. The fourth-order valence-corrected chi connectivity index (χ4v) is 4.00. The van der Waals surface area contributed by atoms with Gasteiger partial charge in [0.1, 0.15) is 10.7 Å². The van der Waals surface area contributed by atoms with Crippen molar-refractivity contribution in [3.63, 3.8) is 0 Å². The van der Waals surface area contributed by atoms with Crippen molar-refractivity contribution in [2.45, 2.75) is 6.92 Å². The van der Waals surface area contributed by atoms with E-state index in [1.165, 1.54) is 28.9 Å². The number of carbonyl (C=O) groups excluding carboxylic acids is 2. The molecular formula is C20H15N3O3S2. The minimum atomic E-state index is -0.377. The highest BCUT2D eigenvalue weighted by Crippen LogP contribution is 2.36. The molecule has 0 unspecified atom stereocenters. The van der Waals surface area contributed by atoms with Crippen molar-refractivity contribution >= 4 is 44.6 Å². The number of rotatable bonds is 5. The third kappa shape index (κ3) is 3.88. The second-order valence-electron chi connectivity index (χ2n) is 5.93. The lowest BCUT2D eigenvalue weighted by atomic mass is 10.1. The number of nitrogens with one attached hydrogen (secondary N) is 2. The molecule has 2 amide bonds. The smallest absolute Gasteiger partial charge is 0.292 e. The molecule has 3 heterocycles. The largest absolute Gasteiger partial charge is 0.459 e. The molecule has 2 N–H and O–H groups in total. The van der Waals surface area contributed by atoms with Crippen LogP contribution in [0.25, 0.3) is 11.3 Å². The molecule has 3 aromatic heterocycles. The Morgan fingerprint density at radius 3 is 2.50 bits per heavy atom. The van der Waals surface area contributed by atoms with Gasteiger partial charge in [-0.25, -0.2) is 4.98 Å². The highest BCUT2D eigenvalue weighted by Gasteiger charge is 2.19. The minimum Gasteiger partial charge on any atom is -0.459 e. The minimum absolute atomic E-state index is 0.201. The van der Waals surface area contributed by atoms with E-state index in [4.69, 9.17) is 4.42 Å². The topological polar surface area (TPSA) is 84.2 Å². The predicted molar refractivity (Wildman–Crippen MR) is 111 cm³/mol. The molecule has 0 radical (unpaired) electrons. The number of furan rings is 1. The molecule has 0 saturated heterocycles. The summed E-state index contributed by atoms with van der Waals surface area (Å²) in [7, 11) is 0. The van der Waals surface area contributed by atoms with E-state index in [1.54, 1.807) is 18.2 Å². The van der Waals surface area contributed by atoms with Crippen molar-refractivity contribution in [1.29, 1.82) is 0 Å². The summed E-state index contributed by atoms with van der Waals surface area (Å²) < 4.78 is 5.15. The molecule has 0 aliphatic heterocycles. The number of benzene rings is 1. The maximum Gasteiger partial charge on any atom is 0.292 e. The fourth-order valence-electron chi connectivity index (χ4n) is 2.50. The van der Waals surface area contributed by atoms with Crippen LogP contribution in [0, 0.1) is 6.92 Å². The Labute approximate surface area is 168 Å². The highest BCUT2D eigenvalue weighted by molar-refractivity contribution is 7.20. The summed E-state index contributed by atoms with van der Waals surface area (Å²) >= 11 is 2.55. The summed E-state index contributed by atoms with van der Waals surface area (Å²) in [4.78, 5) is 29.9. The number of anilines is 2. The van der Waals surface area contributed by atoms with Gasteiger partial charge in [-0.3, -0.25) is 14.9 Å². The Hall–Kier alpha value is -3.23. The normalized spacial score (nSPS) is 10.6. The lowest BCUT2D eigenvalue weighted by molar-refractivity contribution is 0.0995. The lowest BCUT2D eigenvalue weighted by Gasteiger charge is -2.04. The Balaban J connectivity index is 1.66. The van der Waals surface area contributed by atoms with Crippen LogP contribution < -0.4 is 10.6 Å². The lowest BCUT2D eigenvalue weighted by Crippen LogP contribution is -2.10. The van der Waals surface area contributed by atoms with Crippen LogP contribution in [0.4, 0.5) is 10.1 Å². The molecule has 0 aliphatic carbocycles. The van der Waals surface area contributed by atoms with Gasteiger partial charge in [0.15, 0.2) is 10.9 Å². The first-order valence-corrected chi connectivity index (χ1v) is 10.1. The van der Waals surface area contributed by atoms with E-state index in [9.17, 15) is 9.59 Å². The average Bonchev–Trinajstić information content (AvgIpc) is 3.44. The van der Waals surface area contributed by atoms with Crippen LogP contribution in [0.15, 0.2) is 64.6 Å². The van der Waals surface area contributed by atoms with Crippen LogP contribution >= 0.6 is 22.7 Å². The average molecular weight is 409 g/mol. The number of amides is 2. The molecule has 0 atom stereocenters. The number of hydrogen-bond donors (Lipinski definition) is 2. The standard InChI is InChI=1S/C20H15N3O3S2/c1-12-6-8-13(9-7-12)16-19(22-17(24)14-4-2-10-26-14)28-20(21-16)23-18(25)15-5-3-11-27-15/h2-11H,1H3,(H,22,24)(H,21,23,25). The number of aryl methyl sites for hydroxylation is 1. The number of thiazole rings is 1. The first kappa shape index (κ1) is 18.1. The Kier molecular flexibility index (Phi) is 5.05. The van der Waals surface area contributed by atoms with Crippen LogP contribution in [-0.4, -0.2) is 16.8 Å². The molecule has 0 aliphatic rings. The molecule has 140 valence electrons. The van der Waals surface area contributed by atoms with E-state index < -0.39 is 0 Å². The summed E-state index contributed by atoms with van der Waals surface area (Å²) in [6.07, 6.45) is 1.44. The van der Waals surface area contributed by atoms with E-state index in [1.807, 2.05) is 42.6 Å². The van der Waals surface area contributed by atoms with E-state index in [0.29, 0.717) is 20.7 Å². The molecule has 1 aromatic carbocycles. The van der Waals surface area contributed by atoms with Crippen LogP contribution in [0.5, 0.6) is 0 Å². The van der Waals surface area contributed by atoms with Crippen LogP contribution in [0.2, 0.25) is 0 Å². The van der Waals surface area contributed by atoms with Crippen LogP contribution in [-0.2, 0) is 0 Å². The number of carbonyl (C=O) groups is 2. The first-order chi connectivity index (χ1) is 13.6. The number of thiophene rings is 1. The van der Waals surface area contributed by atoms with Gasteiger partial charge in [0.2, 0.25) is 0 Å². The Morgan fingerprint density at radius 1 is 1.00 bits per heavy atom. The molecule has 0 bridgehead atoms. The van der Waals surface area contributed by atoms with Gasteiger partial charge < -0.3 is 9.73 Å². The SMILES string of the molecule is Cc1ccc(-c2nc(NC(=O)c3cccs3)sc2NC(=O)c2ccco2)cc1. The van der Waals surface area contributed by atoms with Crippen molar-refractivity contribution in [1.82, 2.24) is 4.98 Å².